The molecule has 0 aliphatic carbocycles. The van der Waals surface area contributed by atoms with Gasteiger partial charge in [-0.3, -0.25) is 0 Å². The van der Waals surface area contributed by atoms with Crippen molar-refractivity contribution in [1.29, 1.82) is 0 Å². The summed E-state index contributed by atoms with van der Waals surface area (Å²) in [5.74, 6) is 0. The topological polar surface area (TPSA) is 34.3 Å². The second-order valence-electron chi connectivity index (χ2n) is 2.57. The van der Waals surface area contributed by atoms with Gasteiger partial charge < -0.3 is 5.11 Å². The maximum atomic E-state index is 8.56. The van der Waals surface area contributed by atoms with Crippen LogP contribution >= 0.6 is 0 Å². The lowest BCUT2D eigenvalue weighted by molar-refractivity contribution is 0.248. The van der Waals surface area contributed by atoms with Crippen molar-refractivity contribution in [2.24, 2.45) is 0 Å². The van der Waals surface area contributed by atoms with Gasteiger partial charge in [-0.05, 0) is 19.3 Å². The highest BCUT2D eigenvalue weighted by Gasteiger charge is 2.11. The van der Waals surface area contributed by atoms with Gasteiger partial charge >= 0.3 is 0 Å². The first-order valence-electron chi connectivity index (χ1n) is 3.71. The highest BCUT2D eigenvalue weighted by atomic mass is 16.3. The van der Waals surface area contributed by atoms with Crippen LogP contribution in [0.4, 0.5) is 0 Å². The molecule has 1 rings (SSSR count). The van der Waals surface area contributed by atoms with E-state index >= 15 is 0 Å². The van der Waals surface area contributed by atoms with E-state index in [2.05, 4.69) is 5.32 Å². The van der Waals surface area contributed by atoms with Crippen molar-refractivity contribution < 1.29 is 5.11 Å². The Labute approximate surface area is 56.3 Å². The quantitative estimate of drug-likeness (QED) is 0.578. The van der Waals surface area contributed by atoms with Crippen LogP contribution in [0, 0.1) is 0 Å². The molecule has 1 N–H and O–H groups in total. The normalized spacial score (nSPS) is 28.3. The zero-order chi connectivity index (χ0) is 6.53. The fourth-order valence-corrected chi connectivity index (χ4v) is 1.24. The van der Waals surface area contributed by atoms with E-state index in [4.69, 9.17) is 5.11 Å². The number of rotatable bonds is 2. The van der Waals surface area contributed by atoms with Crippen molar-refractivity contribution in [1.82, 2.24) is 5.32 Å². The third-order valence-electron chi connectivity index (χ3n) is 1.80. The summed E-state index contributed by atoms with van der Waals surface area (Å²) in [7, 11) is 0. The number of hydrogen-bond donors (Lipinski definition) is 1. The first-order chi connectivity index (χ1) is 4.43. The highest BCUT2D eigenvalue weighted by Crippen LogP contribution is 2.10. The first kappa shape index (κ1) is 7.03. The van der Waals surface area contributed by atoms with Crippen LogP contribution in [-0.2, 0) is 0 Å². The third-order valence-corrected chi connectivity index (χ3v) is 1.80. The zero-order valence-electron chi connectivity index (χ0n) is 5.71. The van der Waals surface area contributed by atoms with Crippen LogP contribution in [0.2, 0.25) is 0 Å². The fraction of sp³-hybridized carbons (Fsp3) is 1.00. The molecule has 1 atom stereocenters. The Morgan fingerprint density at radius 2 is 2.33 bits per heavy atom. The van der Waals surface area contributed by atoms with Crippen LogP contribution in [0.15, 0.2) is 0 Å². The van der Waals surface area contributed by atoms with Crippen molar-refractivity contribution in [2.45, 2.75) is 31.7 Å². The zero-order valence-corrected chi connectivity index (χ0v) is 5.71. The van der Waals surface area contributed by atoms with Gasteiger partial charge in [0.2, 0.25) is 0 Å². The molecule has 2 heteroatoms. The molecule has 0 saturated carbocycles. The Hall–Kier alpha value is -0.0800. The number of nitrogens with zero attached hydrogens (tertiary/aromatic N) is 1. The number of hydrogen-bond acceptors (Lipinski definition) is 1. The molecule has 0 amide bonds. The average Bonchev–Trinajstić information content (AvgIpc) is 1.91. The van der Waals surface area contributed by atoms with Gasteiger partial charge in [0.25, 0.3) is 0 Å². The van der Waals surface area contributed by atoms with Crippen LogP contribution in [0.1, 0.15) is 25.7 Å². The summed E-state index contributed by atoms with van der Waals surface area (Å²) in [4.78, 5) is 0. The SMILES string of the molecule is OCCC1CCCC[N]1. The maximum absolute atomic E-state index is 8.56. The molecule has 0 spiro atoms. The van der Waals surface area contributed by atoms with E-state index in [1.54, 1.807) is 0 Å². The predicted octanol–water partition coefficient (Wildman–Crippen LogP) is 0.526. The van der Waals surface area contributed by atoms with Gasteiger partial charge in [-0.15, -0.1) is 0 Å². The molecule has 1 unspecified atom stereocenters. The van der Waals surface area contributed by atoms with Gasteiger partial charge in [-0.1, -0.05) is 6.42 Å². The summed E-state index contributed by atoms with van der Waals surface area (Å²) in [6.45, 7) is 1.32. The molecule has 0 aromatic heterocycles. The molecule has 53 valence electrons. The summed E-state index contributed by atoms with van der Waals surface area (Å²) < 4.78 is 0. The molecule has 2 nitrogen and oxygen atoms in total. The van der Waals surface area contributed by atoms with E-state index in [1.807, 2.05) is 0 Å². The largest absolute Gasteiger partial charge is 0.396 e. The van der Waals surface area contributed by atoms with Gasteiger partial charge in [0.1, 0.15) is 0 Å². The summed E-state index contributed by atoms with van der Waals surface area (Å²) in [6, 6.07) is 0.476. The molecule has 0 aromatic rings. The van der Waals surface area contributed by atoms with Gasteiger partial charge in [0.15, 0.2) is 0 Å². The van der Waals surface area contributed by atoms with Gasteiger partial charge in [0.05, 0.1) is 0 Å². The number of aliphatic hydroxyl groups excluding tert-OH is 1. The molecule has 0 aromatic carbocycles. The van der Waals surface area contributed by atoms with Gasteiger partial charge in [-0.2, -0.15) is 0 Å². The van der Waals surface area contributed by atoms with Gasteiger partial charge in [-0.25, -0.2) is 5.32 Å². The Morgan fingerprint density at radius 3 is 2.89 bits per heavy atom. The number of piperidine rings is 1. The van der Waals surface area contributed by atoms with Crippen molar-refractivity contribution in [2.75, 3.05) is 13.2 Å². The van der Waals surface area contributed by atoms with Crippen LogP contribution in [0.3, 0.4) is 0 Å². The Bertz CT molecular complexity index is 66.6. The molecular formula is C7H14NO. The second kappa shape index (κ2) is 3.85. The molecule has 1 aliphatic heterocycles. The molecule has 1 radical (unpaired) electrons. The monoisotopic (exact) mass is 128 g/mol. The third kappa shape index (κ3) is 2.33. The van der Waals surface area contributed by atoms with Crippen LogP contribution < -0.4 is 5.32 Å². The van der Waals surface area contributed by atoms with E-state index in [0.717, 1.165) is 13.0 Å². The summed E-state index contributed by atoms with van der Waals surface area (Å²) in [6.07, 6.45) is 4.62. The molecular weight excluding hydrogens is 114 g/mol. The Kier molecular flexibility index (Phi) is 3.01. The van der Waals surface area contributed by atoms with Crippen molar-refractivity contribution in [3.63, 3.8) is 0 Å². The summed E-state index contributed by atoms with van der Waals surface area (Å²) >= 11 is 0. The summed E-state index contributed by atoms with van der Waals surface area (Å²) in [5, 5.41) is 12.9. The molecule has 1 fully saturated rings. The maximum Gasteiger partial charge on any atom is 0.0446 e. The van der Waals surface area contributed by atoms with Crippen molar-refractivity contribution >= 4 is 0 Å². The predicted molar refractivity (Wildman–Crippen MR) is 36.3 cm³/mol. The molecule has 9 heavy (non-hydrogen) atoms. The molecule has 1 heterocycles. The smallest absolute Gasteiger partial charge is 0.0446 e. The van der Waals surface area contributed by atoms with Crippen molar-refractivity contribution in [3.05, 3.63) is 0 Å². The minimum Gasteiger partial charge on any atom is -0.396 e. The lowest BCUT2D eigenvalue weighted by Crippen LogP contribution is -2.28. The Balaban J connectivity index is 2.08. The van der Waals surface area contributed by atoms with E-state index in [-0.39, 0.29) is 0 Å². The summed E-state index contributed by atoms with van der Waals surface area (Å²) in [5.41, 5.74) is 0. The Morgan fingerprint density at radius 1 is 1.44 bits per heavy atom. The van der Waals surface area contributed by atoms with E-state index < -0.39 is 0 Å². The van der Waals surface area contributed by atoms with E-state index in [0.29, 0.717) is 12.6 Å². The minimum atomic E-state index is 0.300. The lowest BCUT2D eigenvalue weighted by atomic mass is 10.0. The van der Waals surface area contributed by atoms with Crippen LogP contribution in [0.25, 0.3) is 0 Å². The number of aliphatic hydroxyl groups is 1. The van der Waals surface area contributed by atoms with E-state index in [1.165, 1.54) is 19.3 Å². The highest BCUT2D eigenvalue weighted by molar-refractivity contribution is 4.70. The fourth-order valence-electron chi connectivity index (χ4n) is 1.24. The molecule has 1 aliphatic rings. The molecule has 0 bridgehead atoms. The van der Waals surface area contributed by atoms with Crippen LogP contribution in [-0.4, -0.2) is 24.3 Å². The minimum absolute atomic E-state index is 0.300. The lowest BCUT2D eigenvalue weighted by Gasteiger charge is -2.20. The standard InChI is InChI=1S/C7H14NO/c9-6-4-7-3-1-2-5-8-7/h7,9H,1-6H2. The van der Waals surface area contributed by atoms with E-state index in [9.17, 15) is 0 Å². The molecule has 1 saturated heterocycles. The van der Waals surface area contributed by atoms with Crippen LogP contribution in [0.5, 0.6) is 0 Å². The van der Waals surface area contributed by atoms with Gasteiger partial charge in [0, 0.05) is 19.2 Å². The van der Waals surface area contributed by atoms with Crippen molar-refractivity contribution in [3.8, 4) is 0 Å². The first-order valence-corrected chi connectivity index (χ1v) is 3.71. The average molecular weight is 128 g/mol. The second-order valence-corrected chi connectivity index (χ2v) is 2.57.